The van der Waals surface area contributed by atoms with Gasteiger partial charge in [0.15, 0.2) is 0 Å². The second-order valence-electron chi connectivity index (χ2n) is 4.63. The van der Waals surface area contributed by atoms with Crippen LogP contribution in [-0.2, 0) is 13.6 Å². The zero-order chi connectivity index (χ0) is 11.1. The van der Waals surface area contributed by atoms with Crippen LogP contribution in [0, 0.1) is 0 Å². The van der Waals surface area contributed by atoms with Gasteiger partial charge in [-0.25, -0.2) is 0 Å². The van der Waals surface area contributed by atoms with Gasteiger partial charge < -0.3 is 15.6 Å². The van der Waals surface area contributed by atoms with Gasteiger partial charge in [0.1, 0.15) is 0 Å². The molecule has 0 aliphatic heterocycles. The van der Waals surface area contributed by atoms with E-state index in [1.54, 1.807) is 0 Å². The lowest BCUT2D eigenvalue weighted by molar-refractivity contribution is 0.655. The third-order valence-electron chi connectivity index (χ3n) is 3.37. The number of nitrogens with one attached hydrogen (secondary N) is 1. The van der Waals surface area contributed by atoms with Crippen molar-refractivity contribution in [2.24, 2.45) is 7.05 Å². The molecule has 84 valence electrons. The van der Waals surface area contributed by atoms with E-state index in [9.17, 15) is 0 Å². The molecular weight excluding hydrogens is 198 g/mol. The minimum atomic E-state index is 0.746. The van der Waals surface area contributed by atoms with E-state index in [4.69, 9.17) is 5.73 Å². The van der Waals surface area contributed by atoms with Crippen LogP contribution in [-0.4, -0.2) is 10.6 Å². The van der Waals surface area contributed by atoms with E-state index < -0.39 is 0 Å². The SMILES string of the molecule is Cn1c(CNC2CC2)cc2c(N)cccc21. The summed E-state index contributed by atoms with van der Waals surface area (Å²) in [5.41, 5.74) is 9.36. The fraction of sp³-hybridized carbons (Fsp3) is 0.385. The number of anilines is 1. The molecule has 0 bridgehead atoms. The molecule has 3 heteroatoms. The van der Waals surface area contributed by atoms with Crippen LogP contribution in [0.2, 0.25) is 0 Å². The van der Waals surface area contributed by atoms with Gasteiger partial charge in [-0.3, -0.25) is 0 Å². The molecular formula is C13H17N3. The van der Waals surface area contributed by atoms with Crippen molar-refractivity contribution >= 4 is 16.6 Å². The van der Waals surface area contributed by atoms with E-state index in [0.29, 0.717) is 0 Å². The van der Waals surface area contributed by atoms with Gasteiger partial charge in [0, 0.05) is 36.4 Å². The first kappa shape index (κ1) is 9.73. The second-order valence-corrected chi connectivity index (χ2v) is 4.63. The van der Waals surface area contributed by atoms with E-state index in [2.05, 4.69) is 29.1 Å². The second kappa shape index (κ2) is 3.52. The predicted octanol–water partition coefficient (Wildman–Crippen LogP) is 2.01. The topological polar surface area (TPSA) is 43.0 Å². The Kier molecular flexibility index (Phi) is 2.14. The van der Waals surface area contributed by atoms with Crippen LogP contribution in [0.4, 0.5) is 5.69 Å². The zero-order valence-electron chi connectivity index (χ0n) is 9.53. The fourth-order valence-electron chi connectivity index (χ4n) is 2.14. The molecule has 1 aliphatic carbocycles. The molecule has 0 radical (unpaired) electrons. The predicted molar refractivity (Wildman–Crippen MR) is 67.2 cm³/mol. The summed E-state index contributed by atoms with van der Waals surface area (Å²) in [5, 5.41) is 4.70. The lowest BCUT2D eigenvalue weighted by Crippen LogP contribution is -2.17. The average molecular weight is 215 g/mol. The van der Waals surface area contributed by atoms with Crippen molar-refractivity contribution in [3.05, 3.63) is 30.0 Å². The van der Waals surface area contributed by atoms with E-state index in [1.807, 2.05) is 12.1 Å². The molecule has 0 unspecified atom stereocenters. The highest BCUT2D eigenvalue weighted by atomic mass is 15.0. The Morgan fingerprint density at radius 1 is 1.44 bits per heavy atom. The Balaban J connectivity index is 1.97. The van der Waals surface area contributed by atoms with Crippen LogP contribution in [0.1, 0.15) is 18.5 Å². The molecule has 1 heterocycles. The molecule has 0 atom stereocenters. The zero-order valence-corrected chi connectivity index (χ0v) is 9.53. The van der Waals surface area contributed by atoms with Crippen molar-refractivity contribution in [3.8, 4) is 0 Å². The number of rotatable bonds is 3. The molecule has 1 fully saturated rings. The number of hydrogen-bond acceptors (Lipinski definition) is 2. The molecule has 1 saturated carbocycles. The maximum atomic E-state index is 5.97. The molecule has 1 aliphatic rings. The third-order valence-corrected chi connectivity index (χ3v) is 3.37. The molecule has 3 nitrogen and oxygen atoms in total. The summed E-state index contributed by atoms with van der Waals surface area (Å²) in [4.78, 5) is 0. The highest BCUT2D eigenvalue weighted by Gasteiger charge is 2.20. The summed E-state index contributed by atoms with van der Waals surface area (Å²) in [6.07, 6.45) is 2.65. The van der Waals surface area contributed by atoms with E-state index in [-0.39, 0.29) is 0 Å². The number of fused-ring (bicyclic) bond motifs is 1. The van der Waals surface area contributed by atoms with Crippen LogP contribution in [0.15, 0.2) is 24.3 Å². The number of nitrogen functional groups attached to an aromatic ring is 1. The van der Waals surface area contributed by atoms with Gasteiger partial charge in [0.25, 0.3) is 0 Å². The van der Waals surface area contributed by atoms with Crippen LogP contribution in [0.3, 0.4) is 0 Å². The number of nitrogens with two attached hydrogens (primary N) is 1. The molecule has 0 amide bonds. The number of benzene rings is 1. The van der Waals surface area contributed by atoms with Crippen molar-refractivity contribution < 1.29 is 0 Å². The van der Waals surface area contributed by atoms with Gasteiger partial charge in [-0.15, -0.1) is 0 Å². The Morgan fingerprint density at radius 3 is 2.94 bits per heavy atom. The third kappa shape index (κ3) is 1.57. The first-order chi connectivity index (χ1) is 7.75. The standard InChI is InChI=1S/C13H17N3/c1-16-10(8-15-9-5-6-9)7-11-12(14)3-2-4-13(11)16/h2-4,7,9,15H,5-6,8,14H2,1H3. The van der Waals surface area contributed by atoms with Crippen LogP contribution in [0.5, 0.6) is 0 Å². The minimum absolute atomic E-state index is 0.746. The summed E-state index contributed by atoms with van der Waals surface area (Å²) in [6, 6.07) is 9.03. The Labute approximate surface area is 95.2 Å². The Morgan fingerprint density at radius 2 is 2.25 bits per heavy atom. The lowest BCUT2D eigenvalue weighted by Gasteiger charge is -2.05. The molecule has 0 spiro atoms. The normalized spacial score (nSPS) is 15.8. The van der Waals surface area contributed by atoms with Gasteiger partial charge in [0.2, 0.25) is 0 Å². The Hall–Kier alpha value is -1.48. The van der Waals surface area contributed by atoms with Gasteiger partial charge in [-0.1, -0.05) is 6.07 Å². The van der Waals surface area contributed by atoms with Gasteiger partial charge >= 0.3 is 0 Å². The number of hydrogen-bond donors (Lipinski definition) is 2. The molecule has 1 aromatic carbocycles. The Bertz CT molecular complexity index is 523. The quantitative estimate of drug-likeness (QED) is 0.769. The molecule has 1 aromatic heterocycles. The summed E-state index contributed by atoms with van der Waals surface area (Å²) in [5.74, 6) is 0. The summed E-state index contributed by atoms with van der Waals surface area (Å²) >= 11 is 0. The molecule has 3 N–H and O–H groups in total. The first-order valence-corrected chi connectivity index (χ1v) is 5.82. The number of aryl methyl sites for hydroxylation is 1. The number of aromatic nitrogens is 1. The van der Waals surface area contributed by atoms with Crippen LogP contribution < -0.4 is 11.1 Å². The van der Waals surface area contributed by atoms with Crippen LogP contribution >= 0.6 is 0 Å². The smallest absolute Gasteiger partial charge is 0.0501 e. The molecule has 2 aromatic rings. The van der Waals surface area contributed by atoms with Gasteiger partial charge in [-0.05, 0) is 31.0 Å². The van der Waals surface area contributed by atoms with E-state index in [1.165, 1.54) is 24.1 Å². The minimum Gasteiger partial charge on any atom is -0.398 e. The van der Waals surface area contributed by atoms with Gasteiger partial charge in [-0.2, -0.15) is 0 Å². The highest BCUT2D eigenvalue weighted by molar-refractivity contribution is 5.92. The molecule has 3 rings (SSSR count). The largest absolute Gasteiger partial charge is 0.398 e. The van der Waals surface area contributed by atoms with Crippen LogP contribution in [0.25, 0.3) is 10.9 Å². The fourth-order valence-corrected chi connectivity index (χ4v) is 2.14. The van der Waals surface area contributed by atoms with E-state index >= 15 is 0 Å². The maximum Gasteiger partial charge on any atom is 0.0501 e. The van der Waals surface area contributed by atoms with Crippen molar-refractivity contribution in [2.45, 2.75) is 25.4 Å². The average Bonchev–Trinajstić information content (AvgIpc) is 3.04. The van der Waals surface area contributed by atoms with Crippen molar-refractivity contribution in [2.75, 3.05) is 5.73 Å². The lowest BCUT2D eigenvalue weighted by atomic mass is 10.2. The monoisotopic (exact) mass is 215 g/mol. The summed E-state index contributed by atoms with van der Waals surface area (Å²) < 4.78 is 2.22. The number of nitrogens with zero attached hydrogens (tertiary/aromatic N) is 1. The van der Waals surface area contributed by atoms with Crippen molar-refractivity contribution in [3.63, 3.8) is 0 Å². The highest BCUT2D eigenvalue weighted by Crippen LogP contribution is 2.25. The summed E-state index contributed by atoms with van der Waals surface area (Å²) in [6.45, 7) is 0.940. The van der Waals surface area contributed by atoms with Gasteiger partial charge in [0.05, 0.1) is 5.52 Å². The van der Waals surface area contributed by atoms with Crippen molar-refractivity contribution in [1.29, 1.82) is 0 Å². The van der Waals surface area contributed by atoms with Crippen molar-refractivity contribution in [1.82, 2.24) is 9.88 Å². The molecule has 0 saturated heterocycles. The first-order valence-electron chi connectivity index (χ1n) is 5.82. The summed E-state index contributed by atoms with van der Waals surface area (Å²) in [7, 11) is 2.10. The maximum absolute atomic E-state index is 5.97. The molecule has 16 heavy (non-hydrogen) atoms. The van der Waals surface area contributed by atoms with E-state index in [0.717, 1.165) is 23.7 Å².